The Morgan fingerprint density at radius 1 is 1.19 bits per heavy atom. The average molecular weight is 470 g/mol. The van der Waals surface area contributed by atoms with E-state index in [0.29, 0.717) is 24.7 Å². The Labute approximate surface area is 193 Å². The zero-order chi connectivity index (χ0) is 23.0. The number of hydrogen-bond donors (Lipinski definition) is 2. The van der Waals surface area contributed by atoms with Crippen molar-refractivity contribution in [2.45, 2.75) is 56.3 Å². The first-order valence-corrected chi connectivity index (χ1v) is 11.8. The predicted octanol–water partition coefficient (Wildman–Crippen LogP) is 3.70. The van der Waals surface area contributed by atoms with E-state index in [-0.39, 0.29) is 29.5 Å². The molecule has 2 N–H and O–H groups in total. The summed E-state index contributed by atoms with van der Waals surface area (Å²) in [6.07, 6.45) is 1.02. The van der Waals surface area contributed by atoms with Crippen molar-refractivity contribution in [2.75, 3.05) is 26.2 Å². The second-order valence-corrected chi connectivity index (χ2v) is 10.4. The molecule has 9 heteroatoms. The zero-order valence-electron chi connectivity index (χ0n) is 18.6. The van der Waals surface area contributed by atoms with Crippen LogP contribution in [-0.2, 0) is 14.3 Å². The van der Waals surface area contributed by atoms with Gasteiger partial charge in [0.25, 0.3) is 0 Å². The highest BCUT2D eigenvalue weighted by Crippen LogP contribution is 2.27. The quantitative estimate of drug-likeness (QED) is 0.469. The number of halogens is 1. The molecule has 2 atom stereocenters. The number of rotatable bonds is 7. The van der Waals surface area contributed by atoms with Crippen LogP contribution in [0.25, 0.3) is 0 Å². The lowest BCUT2D eigenvalue weighted by molar-refractivity contribution is -0.135. The number of piperidine rings is 1. The zero-order valence-corrected chi connectivity index (χ0v) is 20.1. The Hall–Kier alpha value is -1.93. The molecule has 1 fully saturated rings. The van der Waals surface area contributed by atoms with Crippen molar-refractivity contribution in [3.05, 3.63) is 29.3 Å². The monoisotopic (exact) mass is 469 g/mol. The minimum absolute atomic E-state index is 0.0315. The van der Waals surface area contributed by atoms with E-state index in [1.165, 1.54) is 11.8 Å². The summed E-state index contributed by atoms with van der Waals surface area (Å²) < 4.78 is 5.16. The van der Waals surface area contributed by atoms with E-state index >= 15 is 0 Å². The largest absolute Gasteiger partial charge is 0.444 e. The van der Waals surface area contributed by atoms with E-state index in [1.54, 1.807) is 37.8 Å². The molecule has 1 aliphatic heterocycles. The average Bonchev–Trinajstić information content (AvgIpc) is 2.71. The van der Waals surface area contributed by atoms with Crippen LogP contribution in [0.2, 0.25) is 5.02 Å². The smallest absolute Gasteiger partial charge is 0.407 e. The van der Waals surface area contributed by atoms with Gasteiger partial charge in [-0.1, -0.05) is 11.6 Å². The van der Waals surface area contributed by atoms with Crippen molar-refractivity contribution < 1.29 is 19.1 Å². The molecule has 1 saturated heterocycles. The lowest BCUT2D eigenvalue weighted by atomic mass is 9.97. The first kappa shape index (κ1) is 25.3. The van der Waals surface area contributed by atoms with Crippen LogP contribution in [0.15, 0.2) is 29.2 Å². The lowest BCUT2D eigenvalue weighted by Gasteiger charge is -2.33. The van der Waals surface area contributed by atoms with Gasteiger partial charge in [-0.05, 0) is 64.8 Å². The highest BCUT2D eigenvalue weighted by atomic mass is 35.5. The molecule has 0 bridgehead atoms. The Bertz CT molecular complexity index is 767. The molecule has 0 radical (unpaired) electrons. The fourth-order valence-electron chi connectivity index (χ4n) is 3.22. The van der Waals surface area contributed by atoms with Crippen molar-refractivity contribution >= 4 is 41.3 Å². The topological polar surface area (TPSA) is 87.7 Å². The van der Waals surface area contributed by atoms with Crippen LogP contribution in [0, 0.1) is 5.92 Å². The van der Waals surface area contributed by atoms with Gasteiger partial charge in [0.2, 0.25) is 11.8 Å². The highest BCUT2D eigenvalue weighted by molar-refractivity contribution is 8.00. The number of alkyl carbamates (subject to hydrolysis) is 1. The summed E-state index contributed by atoms with van der Waals surface area (Å²) >= 11 is 7.40. The molecule has 2 rings (SSSR count). The van der Waals surface area contributed by atoms with Crippen molar-refractivity contribution in [1.82, 2.24) is 15.5 Å². The third kappa shape index (κ3) is 8.99. The Balaban J connectivity index is 1.76. The van der Waals surface area contributed by atoms with Gasteiger partial charge >= 0.3 is 6.09 Å². The molecule has 1 aromatic rings. The number of thioether (sulfide) groups is 1. The van der Waals surface area contributed by atoms with E-state index < -0.39 is 11.7 Å². The maximum Gasteiger partial charge on any atom is 0.407 e. The standard InChI is InChI=1S/C22H32ClN3O4S/c1-15(31-18-9-7-17(23)8-10-18)20(28)26-13-5-6-16(14-26)19(27)24-11-12-25-21(29)30-22(2,3)4/h7-10,15-16H,5-6,11-14H2,1-4H3,(H,24,27)(H,25,29). The highest BCUT2D eigenvalue weighted by Gasteiger charge is 2.30. The maximum atomic E-state index is 12.9. The van der Waals surface area contributed by atoms with E-state index in [4.69, 9.17) is 16.3 Å². The maximum absolute atomic E-state index is 12.9. The molecular weight excluding hydrogens is 438 g/mol. The SMILES string of the molecule is CC(Sc1ccc(Cl)cc1)C(=O)N1CCCC(C(=O)NCCNC(=O)OC(C)(C)C)C1. The summed E-state index contributed by atoms with van der Waals surface area (Å²) in [6, 6.07) is 7.41. The Morgan fingerprint density at radius 2 is 1.84 bits per heavy atom. The van der Waals surface area contributed by atoms with Crippen molar-refractivity contribution in [2.24, 2.45) is 5.92 Å². The van der Waals surface area contributed by atoms with Crippen molar-refractivity contribution in [3.8, 4) is 0 Å². The molecular formula is C22H32ClN3O4S. The number of hydrogen-bond acceptors (Lipinski definition) is 5. The fraction of sp³-hybridized carbons (Fsp3) is 0.591. The van der Waals surface area contributed by atoms with Gasteiger partial charge in [0.15, 0.2) is 0 Å². The van der Waals surface area contributed by atoms with E-state index in [1.807, 2.05) is 19.1 Å². The summed E-state index contributed by atoms with van der Waals surface area (Å²) in [4.78, 5) is 39.8. The van der Waals surface area contributed by atoms with Crippen LogP contribution in [0.1, 0.15) is 40.5 Å². The lowest BCUT2D eigenvalue weighted by Crippen LogP contribution is -2.48. The van der Waals surface area contributed by atoms with Gasteiger partial charge in [-0.3, -0.25) is 9.59 Å². The van der Waals surface area contributed by atoms with Gasteiger partial charge in [0.05, 0.1) is 11.2 Å². The van der Waals surface area contributed by atoms with Crippen LogP contribution in [-0.4, -0.2) is 59.8 Å². The fourth-order valence-corrected chi connectivity index (χ4v) is 4.30. The van der Waals surface area contributed by atoms with Gasteiger partial charge in [-0.2, -0.15) is 0 Å². The molecule has 0 spiro atoms. The second kappa shape index (κ2) is 11.6. The third-order valence-corrected chi connectivity index (χ3v) is 6.02. The number of nitrogens with one attached hydrogen (secondary N) is 2. The molecule has 172 valence electrons. The number of nitrogens with zero attached hydrogens (tertiary/aromatic N) is 1. The summed E-state index contributed by atoms with van der Waals surface area (Å²) in [7, 11) is 0. The van der Waals surface area contributed by atoms with Crippen molar-refractivity contribution in [3.63, 3.8) is 0 Å². The Kier molecular flexibility index (Phi) is 9.50. The molecule has 7 nitrogen and oxygen atoms in total. The molecule has 2 unspecified atom stereocenters. The van der Waals surface area contributed by atoms with E-state index in [0.717, 1.165) is 17.7 Å². The van der Waals surface area contributed by atoms with Crippen LogP contribution < -0.4 is 10.6 Å². The van der Waals surface area contributed by atoms with Crippen LogP contribution in [0.5, 0.6) is 0 Å². The molecule has 1 aliphatic rings. The van der Waals surface area contributed by atoms with Gasteiger partial charge in [-0.15, -0.1) is 11.8 Å². The number of carbonyl (C=O) groups is 3. The molecule has 31 heavy (non-hydrogen) atoms. The van der Waals surface area contributed by atoms with Gasteiger partial charge < -0.3 is 20.3 Å². The normalized spacial score (nSPS) is 17.6. The number of benzene rings is 1. The van der Waals surface area contributed by atoms with Crippen LogP contribution >= 0.6 is 23.4 Å². The van der Waals surface area contributed by atoms with Crippen molar-refractivity contribution in [1.29, 1.82) is 0 Å². The summed E-state index contributed by atoms with van der Waals surface area (Å²) in [6.45, 7) is 8.92. The second-order valence-electron chi connectivity index (χ2n) is 8.56. The Morgan fingerprint density at radius 3 is 2.48 bits per heavy atom. The molecule has 0 aliphatic carbocycles. The van der Waals surface area contributed by atoms with Gasteiger partial charge in [0.1, 0.15) is 5.60 Å². The number of ether oxygens (including phenoxy) is 1. The number of amides is 3. The minimum atomic E-state index is -0.561. The molecule has 1 heterocycles. The van der Waals surface area contributed by atoms with Gasteiger partial charge in [0, 0.05) is 36.1 Å². The first-order valence-electron chi connectivity index (χ1n) is 10.5. The van der Waals surface area contributed by atoms with Crippen LogP contribution in [0.3, 0.4) is 0 Å². The predicted molar refractivity (Wildman–Crippen MR) is 123 cm³/mol. The number of likely N-dealkylation sites (tertiary alicyclic amines) is 1. The minimum Gasteiger partial charge on any atom is -0.444 e. The number of carbonyl (C=O) groups excluding carboxylic acids is 3. The summed E-state index contributed by atoms with van der Waals surface area (Å²) in [5, 5.41) is 5.87. The summed E-state index contributed by atoms with van der Waals surface area (Å²) in [5.74, 6) is -0.308. The van der Waals surface area contributed by atoms with Gasteiger partial charge in [-0.25, -0.2) is 4.79 Å². The van der Waals surface area contributed by atoms with Crippen LogP contribution in [0.4, 0.5) is 4.79 Å². The molecule has 3 amide bonds. The molecule has 1 aromatic carbocycles. The first-order chi connectivity index (χ1) is 14.5. The van der Waals surface area contributed by atoms with E-state index in [2.05, 4.69) is 10.6 Å². The summed E-state index contributed by atoms with van der Waals surface area (Å²) in [5.41, 5.74) is -0.561. The third-order valence-electron chi connectivity index (χ3n) is 4.67. The molecule has 0 aromatic heterocycles. The van der Waals surface area contributed by atoms with E-state index in [9.17, 15) is 14.4 Å². The molecule has 0 saturated carbocycles.